The molecule has 3 aromatic heterocycles. The molecule has 4 rings (SSSR count). The summed E-state index contributed by atoms with van der Waals surface area (Å²) in [6, 6.07) is 9.49. The summed E-state index contributed by atoms with van der Waals surface area (Å²) in [5.41, 5.74) is 3.09. The van der Waals surface area contributed by atoms with Crippen LogP contribution in [0, 0.1) is 20.4 Å². The number of fused-ring (bicyclic) bond motifs is 1. The maximum atomic E-state index is 7.33. The van der Waals surface area contributed by atoms with Crippen molar-refractivity contribution in [3.05, 3.63) is 59.5 Å². The van der Waals surface area contributed by atoms with Crippen molar-refractivity contribution in [2.75, 3.05) is 0 Å². The summed E-state index contributed by atoms with van der Waals surface area (Å²) >= 11 is 0. The molecule has 9 heteroatoms. The maximum Gasteiger partial charge on any atom is 0.252 e. The van der Waals surface area contributed by atoms with Gasteiger partial charge in [0.25, 0.3) is 5.69 Å². The molecule has 1 N–H and O–H groups in total. The molecule has 1 aromatic carbocycles. The van der Waals surface area contributed by atoms with Crippen LogP contribution in [0.25, 0.3) is 16.2 Å². The molecule has 0 saturated carbocycles. The standard InChI is InChI=1S/C16H13N9/c1-10-14(16-22-19-11(2)24(16)23-10)20-21-15-13(17-3)9-18-25(15)12-7-5-4-6-8-12/h4-9,22H,1-2H3/b21-20+. The SMILES string of the molecule is [C-]#[N+]c1cnn(-c2ccccc2)c1/N=N/c1c(C)nn2c(C)n[nH]c12. The minimum absolute atomic E-state index is 0.328. The van der Waals surface area contributed by atoms with Crippen molar-refractivity contribution in [2.24, 2.45) is 10.2 Å². The largest absolute Gasteiger partial charge is 0.258 e. The highest BCUT2D eigenvalue weighted by Crippen LogP contribution is 2.33. The number of aryl methyl sites for hydroxylation is 2. The van der Waals surface area contributed by atoms with Gasteiger partial charge in [-0.05, 0) is 26.0 Å². The highest BCUT2D eigenvalue weighted by molar-refractivity contribution is 5.68. The second-order valence-electron chi connectivity index (χ2n) is 5.38. The molecule has 0 saturated heterocycles. The van der Waals surface area contributed by atoms with Gasteiger partial charge in [0.15, 0.2) is 17.2 Å². The fraction of sp³-hybridized carbons (Fsp3) is 0.125. The number of nitrogens with zero attached hydrogens (tertiary/aromatic N) is 8. The van der Waals surface area contributed by atoms with Crippen LogP contribution < -0.4 is 0 Å². The Morgan fingerprint density at radius 2 is 1.96 bits per heavy atom. The van der Waals surface area contributed by atoms with Crippen molar-refractivity contribution in [3.8, 4) is 5.69 Å². The number of benzene rings is 1. The summed E-state index contributed by atoms with van der Waals surface area (Å²) in [7, 11) is 0. The first-order valence-corrected chi connectivity index (χ1v) is 7.52. The summed E-state index contributed by atoms with van der Waals surface area (Å²) in [5.74, 6) is 1.10. The van der Waals surface area contributed by atoms with E-state index in [9.17, 15) is 0 Å². The number of para-hydroxylation sites is 1. The number of hydrogen-bond acceptors (Lipinski definition) is 5. The lowest BCUT2D eigenvalue weighted by atomic mass is 10.3. The minimum atomic E-state index is 0.328. The second kappa shape index (κ2) is 5.68. The Morgan fingerprint density at radius 1 is 1.16 bits per heavy atom. The molecular weight excluding hydrogens is 318 g/mol. The zero-order valence-electron chi connectivity index (χ0n) is 13.5. The topological polar surface area (TPSA) is 92.9 Å². The maximum absolute atomic E-state index is 7.33. The third kappa shape index (κ3) is 2.36. The number of aromatic amines is 1. The number of aromatic nitrogens is 6. The van der Waals surface area contributed by atoms with Crippen LogP contribution in [0.5, 0.6) is 0 Å². The number of azo groups is 1. The lowest BCUT2D eigenvalue weighted by Crippen LogP contribution is -1.94. The van der Waals surface area contributed by atoms with Gasteiger partial charge in [-0.15, -0.1) is 10.2 Å². The quantitative estimate of drug-likeness (QED) is 0.457. The molecule has 0 fully saturated rings. The van der Waals surface area contributed by atoms with E-state index in [4.69, 9.17) is 6.57 Å². The Balaban J connectivity index is 1.83. The van der Waals surface area contributed by atoms with Gasteiger partial charge in [0, 0.05) is 0 Å². The van der Waals surface area contributed by atoms with E-state index in [-0.39, 0.29) is 0 Å². The first kappa shape index (κ1) is 14.8. The summed E-state index contributed by atoms with van der Waals surface area (Å²) < 4.78 is 3.26. The summed E-state index contributed by atoms with van der Waals surface area (Å²) in [5, 5.41) is 24.2. The second-order valence-corrected chi connectivity index (χ2v) is 5.38. The highest BCUT2D eigenvalue weighted by Gasteiger charge is 2.15. The molecule has 25 heavy (non-hydrogen) atoms. The highest BCUT2D eigenvalue weighted by atomic mass is 15.4. The Bertz CT molecular complexity index is 1120. The molecule has 0 aliphatic heterocycles. The Kier molecular flexibility index (Phi) is 3.36. The van der Waals surface area contributed by atoms with Crippen LogP contribution in [0.4, 0.5) is 17.2 Å². The predicted molar refractivity (Wildman–Crippen MR) is 90.8 cm³/mol. The normalized spacial score (nSPS) is 11.4. The number of rotatable bonds is 3. The van der Waals surface area contributed by atoms with E-state index in [1.165, 1.54) is 6.20 Å². The van der Waals surface area contributed by atoms with Crippen LogP contribution in [-0.4, -0.2) is 29.6 Å². The molecule has 9 nitrogen and oxygen atoms in total. The number of H-pyrrole nitrogens is 1. The first-order chi connectivity index (χ1) is 12.2. The lowest BCUT2D eigenvalue weighted by Gasteiger charge is -2.03. The third-order valence-electron chi connectivity index (χ3n) is 3.75. The number of nitrogens with one attached hydrogen (secondary N) is 1. The molecule has 122 valence electrons. The van der Waals surface area contributed by atoms with Crippen LogP contribution in [0.1, 0.15) is 11.5 Å². The summed E-state index contributed by atoms with van der Waals surface area (Å²) in [6.45, 7) is 11.0. The van der Waals surface area contributed by atoms with E-state index < -0.39 is 0 Å². The lowest BCUT2D eigenvalue weighted by molar-refractivity contribution is 0.868. The van der Waals surface area contributed by atoms with Gasteiger partial charge in [0.1, 0.15) is 5.82 Å². The van der Waals surface area contributed by atoms with E-state index in [0.29, 0.717) is 22.8 Å². The molecule has 4 aromatic rings. The average molecular weight is 331 g/mol. The van der Waals surface area contributed by atoms with Gasteiger partial charge in [0.2, 0.25) is 0 Å². The molecular formula is C16H13N9. The third-order valence-corrected chi connectivity index (χ3v) is 3.75. The van der Waals surface area contributed by atoms with Crippen molar-refractivity contribution >= 4 is 22.8 Å². The van der Waals surface area contributed by atoms with Gasteiger partial charge in [-0.1, -0.05) is 18.2 Å². The average Bonchev–Trinajstić information content (AvgIpc) is 3.29. The minimum Gasteiger partial charge on any atom is -0.258 e. The van der Waals surface area contributed by atoms with Crippen LogP contribution in [0.2, 0.25) is 0 Å². The van der Waals surface area contributed by atoms with Crippen molar-refractivity contribution < 1.29 is 0 Å². The molecule has 0 aliphatic rings. The zero-order chi connectivity index (χ0) is 17.4. The molecule has 0 atom stereocenters. The van der Waals surface area contributed by atoms with E-state index >= 15 is 0 Å². The monoisotopic (exact) mass is 331 g/mol. The van der Waals surface area contributed by atoms with Gasteiger partial charge in [-0.25, -0.2) is 9.53 Å². The Hall–Kier alpha value is -3.80. The Labute approximate surface area is 142 Å². The molecule has 0 amide bonds. The van der Waals surface area contributed by atoms with Gasteiger partial charge >= 0.3 is 0 Å². The van der Waals surface area contributed by atoms with Crippen molar-refractivity contribution in [1.29, 1.82) is 0 Å². The van der Waals surface area contributed by atoms with E-state index in [1.807, 2.05) is 44.2 Å². The van der Waals surface area contributed by atoms with Crippen molar-refractivity contribution in [2.45, 2.75) is 13.8 Å². The van der Waals surface area contributed by atoms with Crippen LogP contribution in [0.15, 0.2) is 46.8 Å². The molecule has 0 aliphatic carbocycles. The van der Waals surface area contributed by atoms with E-state index in [1.54, 1.807) is 9.20 Å². The molecule has 0 unspecified atom stereocenters. The van der Waals surface area contributed by atoms with Crippen molar-refractivity contribution in [1.82, 2.24) is 29.6 Å². The summed E-state index contributed by atoms with van der Waals surface area (Å²) in [4.78, 5) is 3.48. The fourth-order valence-corrected chi connectivity index (χ4v) is 2.52. The van der Waals surface area contributed by atoms with Gasteiger partial charge in [-0.2, -0.15) is 19.8 Å². The Morgan fingerprint density at radius 3 is 2.72 bits per heavy atom. The van der Waals surface area contributed by atoms with E-state index in [2.05, 4.69) is 35.5 Å². The zero-order valence-corrected chi connectivity index (χ0v) is 13.5. The van der Waals surface area contributed by atoms with Gasteiger partial charge in [0.05, 0.1) is 24.2 Å². The van der Waals surface area contributed by atoms with Crippen LogP contribution >= 0.6 is 0 Å². The molecule has 3 heterocycles. The van der Waals surface area contributed by atoms with Crippen LogP contribution in [0.3, 0.4) is 0 Å². The molecule has 0 radical (unpaired) electrons. The van der Waals surface area contributed by atoms with Gasteiger partial charge in [-0.3, -0.25) is 5.10 Å². The molecule has 0 bridgehead atoms. The van der Waals surface area contributed by atoms with Gasteiger partial charge < -0.3 is 0 Å². The first-order valence-electron chi connectivity index (χ1n) is 7.52. The molecule has 0 spiro atoms. The summed E-state index contributed by atoms with van der Waals surface area (Å²) in [6.07, 6.45) is 1.48. The van der Waals surface area contributed by atoms with E-state index in [0.717, 1.165) is 17.2 Å². The van der Waals surface area contributed by atoms with Crippen LogP contribution in [-0.2, 0) is 0 Å². The fourth-order valence-electron chi connectivity index (χ4n) is 2.52. The smallest absolute Gasteiger partial charge is 0.252 e. The van der Waals surface area contributed by atoms with Crippen molar-refractivity contribution in [3.63, 3.8) is 0 Å². The predicted octanol–water partition coefficient (Wildman–Crippen LogP) is 3.83. The number of hydrogen-bond donors (Lipinski definition) is 1.